The molecule has 1 amide bonds. The van der Waals surface area contributed by atoms with Crippen LogP contribution in [-0.4, -0.2) is 28.9 Å². The molecule has 0 radical (unpaired) electrons. The molecule has 0 aromatic heterocycles. The summed E-state index contributed by atoms with van der Waals surface area (Å²) in [6, 6.07) is 11.8. The van der Waals surface area contributed by atoms with Crippen LogP contribution in [0.1, 0.15) is 12.5 Å². The number of nitro benzene ring substituents is 1. The van der Waals surface area contributed by atoms with Gasteiger partial charge in [-0.3, -0.25) is 14.9 Å². The smallest absolute Gasteiger partial charge is 0.310 e. The summed E-state index contributed by atoms with van der Waals surface area (Å²) in [5.74, 6) is -0.711. The van der Waals surface area contributed by atoms with Gasteiger partial charge in [0.1, 0.15) is 5.82 Å². The molecule has 0 heterocycles. The molecule has 0 N–H and O–H groups in total. The number of benzene rings is 2. The van der Waals surface area contributed by atoms with Crippen LogP contribution in [0, 0.1) is 15.9 Å². The molecule has 0 fully saturated rings. The van der Waals surface area contributed by atoms with Crippen molar-refractivity contribution in [3.63, 3.8) is 0 Å². The number of para-hydroxylation sites is 2. The van der Waals surface area contributed by atoms with Gasteiger partial charge in [0, 0.05) is 19.7 Å². The van der Waals surface area contributed by atoms with Crippen LogP contribution in [0.5, 0.6) is 5.75 Å². The van der Waals surface area contributed by atoms with Crippen molar-refractivity contribution in [3.05, 3.63) is 70.0 Å². The third-order valence-corrected chi connectivity index (χ3v) is 3.40. The van der Waals surface area contributed by atoms with Crippen LogP contribution >= 0.6 is 0 Å². The highest BCUT2D eigenvalue weighted by Crippen LogP contribution is 2.27. The van der Waals surface area contributed by atoms with E-state index in [1.807, 2.05) is 0 Å². The average molecular weight is 332 g/mol. The van der Waals surface area contributed by atoms with Crippen LogP contribution in [0.2, 0.25) is 0 Å². The molecule has 0 unspecified atom stereocenters. The van der Waals surface area contributed by atoms with Gasteiger partial charge in [-0.1, -0.05) is 24.3 Å². The van der Waals surface area contributed by atoms with Gasteiger partial charge in [-0.2, -0.15) is 0 Å². The van der Waals surface area contributed by atoms with E-state index in [9.17, 15) is 19.3 Å². The topological polar surface area (TPSA) is 72.7 Å². The fraction of sp³-hybridized carbons (Fsp3) is 0.235. The Morgan fingerprint density at radius 1 is 1.29 bits per heavy atom. The molecule has 0 saturated carbocycles. The van der Waals surface area contributed by atoms with Gasteiger partial charge in [-0.25, -0.2) is 4.39 Å². The number of carbonyl (C=O) groups excluding carboxylic acids is 1. The Labute approximate surface area is 138 Å². The predicted octanol–water partition coefficient (Wildman–Crippen LogP) is 3.16. The lowest BCUT2D eigenvalue weighted by molar-refractivity contribution is -0.386. The third-order valence-electron chi connectivity index (χ3n) is 3.40. The summed E-state index contributed by atoms with van der Waals surface area (Å²) < 4.78 is 18.6. The highest BCUT2D eigenvalue weighted by Gasteiger charge is 2.23. The van der Waals surface area contributed by atoms with E-state index in [2.05, 4.69) is 0 Å². The zero-order chi connectivity index (χ0) is 17.7. The van der Waals surface area contributed by atoms with Crippen molar-refractivity contribution in [1.82, 2.24) is 4.90 Å². The summed E-state index contributed by atoms with van der Waals surface area (Å²) in [7, 11) is 1.56. The van der Waals surface area contributed by atoms with Crippen molar-refractivity contribution in [1.29, 1.82) is 0 Å². The number of hydrogen-bond acceptors (Lipinski definition) is 4. The van der Waals surface area contributed by atoms with E-state index < -0.39 is 11.0 Å². The van der Waals surface area contributed by atoms with Gasteiger partial charge in [0.2, 0.25) is 0 Å². The molecular weight excluding hydrogens is 315 g/mol. The summed E-state index contributed by atoms with van der Waals surface area (Å²) in [6.07, 6.45) is -0.912. The Kier molecular flexibility index (Phi) is 5.47. The van der Waals surface area contributed by atoms with Gasteiger partial charge in [-0.05, 0) is 30.7 Å². The molecule has 0 aliphatic carbocycles. The van der Waals surface area contributed by atoms with Crippen molar-refractivity contribution in [2.24, 2.45) is 0 Å². The minimum atomic E-state index is -0.912. The normalized spacial score (nSPS) is 11.6. The second kappa shape index (κ2) is 7.54. The minimum absolute atomic E-state index is 0.0301. The second-order valence-corrected chi connectivity index (χ2v) is 5.31. The van der Waals surface area contributed by atoms with Crippen LogP contribution in [0.4, 0.5) is 10.1 Å². The van der Waals surface area contributed by atoms with E-state index in [-0.39, 0.29) is 29.7 Å². The maximum Gasteiger partial charge on any atom is 0.310 e. The molecule has 7 heteroatoms. The van der Waals surface area contributed by atoms with Crippen molar-refractivity contribution < 1.29 is 18.8 Å². The van der Waals surface area contributed by atoms with Gasteiger partial charge in [0.05, 0.1) is 4.92 Å². The SMILES string of the molecule is C[C@H](Oc1ccccc1[N+](=O)[O-])C(=O)N(C)Cc1cccc(F)c1. The number of carbonyl (C=O) groups is 1. The number of hydrogen-bond donors (Lipinski definition) is 0. The van der Waals surface area contributed by atoms with E-state index in [1.165, 1.54) is 42.2 Å². The van der Waals surface area contributed by atoms with Crippen molar-refractivity contribution in [2.45, 2.75) is 19.6 Å². The zero-order valence-electron chi connectivity index (χ0n) is 13.3. The number of nitrogens with zero attached hydrogens (tertiary/aromatic N) is 2. The average Bonchev–Trinajstić information content (AvgIpc) is 2.54. The summed E-state index contributed by atoms with van der Waals surface area (Å²) in [4.78, 5) is 24.1. The molecule has 0 aliphatic heterocycles. The molecule has 0 spiro atoms. The Hall–Kier alpha value is -2.96. The van der Waals surface area contributed by atoms with Crippen LogP contribution in [0.25, 0.3) is 0 Å². The molecule has 1 atom stereocenters. The Bertz CT molecular complexity index is 751. The molecule has 0 aliphatic rings. The monoisotopic (exact) mass is 332 g/mol. The van der Waals surface area contributed by atoms with E-state index in [4.69, 9.17) is 4.74 Å². The number of halogens is 1. The molecule has 2 rings (SSSR count). The molecular formula is C17H17FN2O4. The summed E-state index contributed by atoms with van der Waals surface area (Å²) >= 11 is 0. The highest BCUT2D eigenvalue weighted by atomic mass is 19.1. The highest BCUT2D eigenvalue weighted by molar-refractivity contribution is 5.80. The van der Waals surface area contributed by atoms with Crippen LogP contribution in [0.3, 0.4) is 0 Å². The molecule has 2 aromatic carbocycles. The Morgan fingerprint density at radius 3 is 2.67 bits per heavy atom. The molecule has 126 valence electrons. The lowest BCUT2D eigenvalue weighted by atomic mass is 10.2. The van der Waals surface area contributed by atoms with Crippen LogP contribution < -0.4 is 4.74 Å². The van der Waals surface area contributed by atoms with Crippen molar-refractivity contribution in [3.8, 4) is 5.75 Å². The van der Waals surface area contributed by atoms with Gasteiger partial charge in [0.15, 0.2) is 11.9 Å². The maximum absolute atomic E-state index is 13.2. The minimum Gasteiger partial charge on any atom is -0.474 e. The number of likely N-dealkylation sites (N-methyl/N-ethyl adjacent to an activating group) is 1. The standard InChI is InChI=1S/C17H17FN2O4/c1-12(24-16-9-4-3-8-15(16)20(22)23)17(21)19(2)11-13-6-5-7-14(18)10-13/h3-10,12H,11H2,1-2H3/t12-/m0/s1. The van der Waals surface area contributed by atoms with Gasteiger partial charge < -0.3 is 9.64 Å². The van der Waals surface area contributed by atoms with Gasteiger partial charge >= 0.3 is 5.69 Å². The fourth-order valence-electron chi connectivity index (χ4n) is 2.25. The van der Waals surface area contributed by atoms with E-state index >= 15 is 0 Å². The summed E-state index contributed by atoms with van der Waals surface area (Å²) in [5, 5.41) is 11.0. The lowest BCUT2D eigenvalue weighted by Gasteiger charge is -2.22. The van der Waals surface area contributed by atoms with Crippen LogP contribution in [-0.2, 0) is 11.3 Å². The van der Waals surface area contributed by atoms with Crippen molar-refractivity contribution in [2.75, 3.05) is 7.05 Å². The van der Waals surface area contributed by atoms with E-state index in [1.54, 1.807) is 25.2 Å². The van der Waals surface area contributed by atoms with E-state index in [0.29, 0.717) is 5.56 Å². The fourth-order valence-corrected chi connectivity index (χ4v) is 2.25. The largest absolute Gasteiger partial charge is 0.474 e. The number of ether oxygens (including phenoxy) is 1. The first-order valence-corrected chi connectivity index (χ1v) is 7.28. The first kappa shape index (κ1) is 17.4. The zero-order valence-corrected chi connectivity index (χ0v) is 13.3. The predicted molar refractivity (Wildman–Crippen MR) is 86.1 cm³/mol. The Balaban J connectivity index is 2.05. The first-order valence-electron chi connectivity index (χ1n) is 7.28. The first-order chi connectivity index (χ1) is 11.4. The van der Waals surface area contributed by atoms with Crippen LogP contribution in [0.15, 0.2) is 48.5 Å². The number of nitro groups is 1. The third kappa shape index (κ3) is 4.28. The molecule has 6 nitrogen and oxygen atoms in total. The van der Waals surface area contributed by atoms with Crippen molar-refractivity contribution >= 4 is 11.6 Å². The molecule has 2 aromatic rings. The van der Waals surface area contributed by atoms with Gasteiger partial charge in [-0.15, -0.1) is 0 Å². The number of amides is 1. The molecule has 0 bridgehead atoms. The summed E-state index contributed by atoms with van der Waals surface area (Å²) in [5.41, 5.74) is 0.439. The van der Waals surface area contributed by atoms with Gasteiger partial charge in [0.25, 0.3) is 5.91 Å². The molecule has 0 saturated heterocycles. The second-order valence-electron chi connectivity index (χ2n) is 5.31. The summed E-state index contributed by atoms with van der Waals surface area (Å²) in [6.45, 7) is 1.72. The number of rotatable bonds is 6. The Morgan fingerprint density at radius 2 is 2.00 bits per heavy atom. The quantitative estimate of drug-likeness (QED) is 0.602. The molecule has 24 heavy (non-hydrogen) atoms. The van der Waals surface area contributed by atoms with E-state index in [0.717, 1.165) is 0 Å². The maximum atomic E-state index is 13.2. The lowest BCUT2D eigenvalue weighted by Crippen LogP contribution is -2.37.